The quantitative estimate of drug-likeness (QED) is 0.839. The van der Waals surface area contributed by atoms with Gasteiger partial charge in [-0.25, -0.2) is 8.78 Å². The molecule has 2 nitrogen and oxygen atoms in total. The van der Waals surface area contributed by atoms with Crippen molar-refractivity contribution in [1.82, 2.24) is 0 Å². The average molecular weight is 341 g/mol. The molecule has 0 radical (unpaired) electrons. The SMILES string of the molecule is OC1CC(c2cc(F)cc(F)c2)Oc2ccc(Br)cc21. The molecule has 0 bridgehead atoms. The number of halogens is 3. The van der Waals surface area contributed by atoms with Gasteiger partial charge in [-0.3, -0.25) is 0 Å². The van der Waals surface area contributed by atoms with Crippen LogP contribution in [0.1, 0.15) is 29.8 Å². The van der Waals surface area contributed by atoms with E-state index in [1.54, 1.807) is 18.2 Å². The molecule has 2 atom stereocenters. The summed E-state index contributed by atoms with van der Waals surface area (Å²) in [5, 5.41) is 10.2. The minimum Gasteiger partial charge on any atom is -0.485 e. The molecule has 2 aromatic rings. The first-order valence-corrected chi connectivity index (χ1v) is 6.92. The Morgan fingerprint density at radius 3 is 2.50 bits per heavy atom. The van der Waals surface area contributed by atoms with Gasteiger partial charge in [0.05, 0.1) is 6.10 Å². The number of aliphatic hydroxyl groups is 1. The fraction of sp³-hybridized carbons (Fsp3) is 0.200. The van der Waals surface area contributed by atoms with E-state index < -0.39 is 23.8 Å². The zero-order valence-corrected chi connectivity index (χ0v) is 11.9. The van der Waals surface area contributed by atoms with Gasteiger partial charge in [-0.2, -0.15) is 0 Å². The number of rotatable bonds is 1. The molecule has 1 aliphatic rings. The van der Waals surface area contributed by atoms with Crippen molar-refractivity contribution in [2.45, 2.75) is 18.6 Å². The maximum absolute atomic E-state index is 13.3. The molecule has 2 aromatic carbocycles. The van der Waals surface area contributed by atoms with E-state index in [-0.39, 0.29) is 6.42 Å². The van der Waals surface area contributed by atoms with Crippen molar-refractivity contribution < 1.29 is 18.6 Å². The van der Waals surface area contributed by atoms with Gasteiger partial charge < -0.3 is 9.84 Å². The molecule has 2 unspecified atom stereocenters. The first kappa shape index (κ1) is 13.5. The summed E-state index contributed by atoms with van der Waals surface area (Å²) in [6.07, 6.45) is -1.04. The minimum atomic E-state index is -0.729. The predicted molar refractivity (Wildman–Crippen MR) is 73.4 cm³/mol. The maximum Gasteiger partial charge on any atom is 0.127 e. The fourth-order valence-corrected chi connectivity index (χ4v) is 2.76. The Morgan fingerprint density at radius 2 is 1.80 bits per heavy atom. The summed E-state index contributed by atoms with van der Waals surface area (Å²) in [7, 11) is 0. The van der Waals surface area contributed by atoms with Gasteiger partial charge in [0.15, 0.2) is 0 Å². The van der Waals surface area contributed by atoms with Crippen LogP contribution in [-0.2, 0) is 0 Å². The highest BCUT2D eigenvalue weighted by atomic mass is 79.9. The van der Waals surface area contributed by atoms with Crippen molar-refractivity contribution in [3.63, 3.8) is 0 Å². The molecule has 0 aliphatic carbocycles. The molecule has 104 valence electrons. The van der Waals surface area contributed by atoms with E-state index in [1.165, 1.54) is 12.1 Å². The number of aliphatic hydroxyl groups excluding tert-OH is 1. The van der Waals surface area contributed by atoms with E-state index in [0.29, 0.717) is 16.9 Å². The van der Waals surface area contributed by atoms with Gasteiger partial charge in [0.2, 0.25) is 0 Å². The second kappa shape index (κ2) is 5.14. The van der Waals surface area contributed by atoms with Gasteiger partial charge in [-0.1, -0.05) is 15.9 Å². The molecule has 3 rings (SSSR count). The van der Waals surface area contributed by atoms with Crippen LogP contribution in [-0.4, -0.2) is 5.11 Å². The summed E-state index contributed by atoms with van der Waals surface area (Å²) in [5.41, 5.74) is 1.06. The highest BCUT2D eigenvalue weighted by molar-refractivity contribution is 9.10. The lowest BCUT2D eigenvalue weighted by Gasteiger charge is -2.30. The summed E-state index contributed by atoms with van der Waals surface area (Å²) in [6, 6.07) is 8.56. The zero-order valence-electron chi connectivity index (χ0n) is 10.3. The molecule has 0 aromatic heterocycles. The lowest BCUT2D eigenvalue weighted by molar-refractivity contribution is 0.0653. The molecule has 0 amide bonds. The van der Waals surface area contributed by atoms with E-state index in [4.69, 9.17) is 4.74 Å². The Bertz CT molecular complexity index is 640. The summed E-state index contributed by atoms with van der Waals surface area (Å²) in [4.78, 5) is 0. The van der Waals surface area contributed by atoms with Crippen LogP contribution < -0.4 is 4.74 Å². The molecule has 5 heteroatoms. The minimum absolute atomic E-state index is 0.256. The molecule has 1 heterocycles. The van der Waals surface area contributed by atoms with Crippen LogP contribution in [0, 0.1) is 11.6 Å². The van der Waals surface area contributed by atoms with Crippen molar-refractivity contribution in [2.24, 2.45) is 0 Å². The normalized spacial score (nSPS) is 21.2. The second-order valence-electron chi connectivity index (χ2n) is 4.74. The van der Waals surface area contributed by atoms with Crippen molar-refractivity contribution in [3.05, 3.63) is 63.6 Å². The molecule has 0 spiro atoms. The van der Waals surface area contributed by atoms with E-state index in [1.807, 2.05) is 0 Å². The Kier molecular flexibility index (Phi) is 3.48. The molecule has 0 saturated carbocycles. The molecular formula is C15H11BrF2O2. The molecule has 1 aliphatic heterocycles. The van der Waals surface area contributed by atoms with Crippen LogP contribution in [0.15, 0.2) is 40.9 Å². The van der Waals surface area contributed by atoms with E-state index >= 15 is 0 Å². The third kappa shape index (κ3) is 2.55. The van der Waals surface area contributed by atoms with Crippen molar-refractivity contribution >= 4 is 15.9 Å². The van der Waals surface area contributed by atoms with Gasteiger partial charge in [0.25, 0.3) is 0 Å². The van der Waals surface area contributed by atoms with Gasteiger partial charge >= 0.3 is 0 Å². The van der Waals surface area contributed by atoms with Crippen LogP contribution in [0.3, 0.4) is 0 Å². The summed E-state index contributed by atoms with van der Waals surface area (Å²) in [6.45, 7) is 0. The molecule has 0 fully saturated rings. The lowest BCUT2D eigenvalue weighted by Crippen LogP contribution is -2.19. The first-order chi connectivity index (χ1) is 9.52. The van der Waals surface area contributed by atoms with Crippen LogP contribution in [0.25, 0.3) is 0 Å². The molecule has 0 saturated heterocycles. The maximum atomic E-state index is 13.3. The number of hydrogen-bond acceptors (Lipinski definition) is 2. The fourth-order valence-electron chi connectivity index (χ4n) is 2.38. The number of benzene rings is 2. The van der Waals surface area contributed by atoms with Crippen molar-refractivity contribution in [1.29, 1.82) is 0 Å². The van der Waals surface area contributed by atoms with Crippen LogP contribution in [0.4, 0.5) is 8.78 Å². The smallest absolute Gasteiger partial charge is 0.127 e. The number of hydrogen-bond donors (Lipinski definition) is 1. The summed E-state index contributed by atoms with van der Waals surface area (Å²) < 4.78 is 33.1. The Hall–Kier alpha value is -1.46. The lowest BCUT2D eigenvalue weighted by atomic mass is 9.95. The van der Waals surface area contributed by atoms with E-state index in [0.717, 1.165) is 10.5 Å². The van der Waals surface area contributed by atoms with Gasteiger partial charge in [-0.15, -0.1) is 0 Å². The topological polar surface area (TPSA) is 29.5 Å². The van der Waals surface area contributed by atoms with Crippen molar-refractivity contribution in [3.8, 4) is 5.75 Å². The Labute approximate surface area is 123 Å². The third-order valence-electron chi connectivity index (χ3n) is 3.29. The van der Waals surface area contributed by atoms with Crippen LogP contribution in [0.5, 0.6) is 5.75 Å². The van der Waals surface area contributed by atoms with Gasteiger partial charge in [0.1, 0.15) is 23.5 Å². The first-order valence-electron chi connectivity index (χ1n) is 6.13. The predicted octanol–water partition coefficient (Wildman–Crippen LogP) is 4.28. The summed E-state index contributed by atoms with van der Waals surface area (Å²) >= 11 is 3.33. The van der Waals surface area contributed by atoms with Crippen LogP contribution in [0.2, 0.25) is 0 Å². The molecular weight excluding hydrogens is 330 g/mol. The largest absolute Gasteiger partial charge is 0.485 e. The second-order valence-corrected chi connectivity index (χ2v) is 5.66. The highest BCUT2D eigenvalue weighted by Crippen LogP contribution is 2.41. The summed E-state index contributed by atoms with van der Waals surface area (Å²) in [5.74, 6) is -0.777. The molecule has 20 heavy (non-hydrogen) atoms. The zero-order chi connectivity index (χ0) is 14.3. The van der Waals surface area contributed by atoms with E-state index in [2.05, 4.69) is 15.9 Å². The molecule has 1 N–H and O–H groups in total. The number of ether oxygens (including phenoxy) is 1. The van der Waals surface area contributed by atoms with Crippen molar-refractivity contribution in [2.75, 3.05) is 0 Å². The van der Waals surface area contributed by atoms with Gasteiger partial charge in [-0.05, 0) is 35.9 Å². The highest BCUT2D eigenvalue weighted by Gasteiger charge is 2.28. The Morgan fingerprint density at radius 1 is 1.10 bits per heavy atom. The Balaban J connectivity index is 1.96. The van der Waals surface area contributed by atoms with Gasteiger partial charge in [0, 0.05) is 22.5 Å². The standard InChI is InChI=1S/C15H11BrF2O2/c16-9-1-2-14-12(5-9)13(19)7-15(20-14)8-3-10(17)6-11(18)4-8/h1-6,13,15,19H,7H2. The number of fused-ring (bicyclic) bond motifs is 1. The monoisotopic (exact) mass is 340 g/mol. The van der Waals surface area contributed by atoms with Crippen LogP contribution >= 0.6 is 15.9 Å². The third-order valence-corrected chi connectivity index (χ3v) is 3.79. The van der Waals surface area contributed by atoms with E-state index in [9.17, 15) is 13.9 Å². The average Bonchev–Trinajstić information content (AvgIpc) is 2.38.